The van der Waals surface area contributed by atoms with Crippen molar-refractivity contribution >= 4 is 18.5 Å². The Labute approximate surface area is 80.1 Å². The van der Waals surface area contributed by atoms with Crippen LogP contribution in [0.1, 0.15) is 5.69 Å². The minimum absolute atomic E-state index is 0.128. The van der Waals surface area contributed by atoms with Crippen LogP contribution in [-0.2, 0) is 19.0 Å². The van der Waals surface area contributed by atoms with Crippen LogP contribution >= 0.6 is 0 Å². The molecular formula is C7H7N3O2S. The van der Waals surface area contributed by atoms with Gasteiger partial charge in [-0.2, -0.15) is 4.73 Å². The van der Waals surface area contributed by atoms with Crippen molar-refractivity contribution in [2.24, 2.45) is 4.36 Å². The summed E-state index contributed by atoms with van der Waals surface area (Å²) in [5.74, 6) is 0. The van der Waals surface area contributed by atoms with Crippen molar-refractivity contribution in [3.8, 4) is 0 Å². The van der Waals surface area contributed by atoms with Gasteiger partial charge in [0.05, 0.1) is 0 Å². The maximum Gasteiger partial charge on any atom is 0.352 e. The molecule has 0 atom stereocenters. The van der Waals surface area contributed by atoms with Crippen LogP contribution < -0.4 is 10.0 Å². The molecule has 0 aliphatic carbocycles. The molecule has 0 spiro atoms. The Morgan fingerprint density at radius 3 is 3.08 bits per heavy atom. The van der Waals surface area contributed by atoms with E-state index in [4.69, 9.17) is 0 Å². The zero-order valence-corrected chi connectivity index (χ0v) is 7.45. The van der Waals surface area contributed by atoms with Gasteiger partial charge in [0.2, 0.25) is 5.69 Å². The minimum Gasteiger partial charge on any atom is -0.618 e. The first-order chi connectivity index (χ1) is 6.24. The molecule has 2 amide bonds. The van der Waals surface area contributed by atoms with Crippen LogP contribution in [0.5, 0.6) is 0 Å². The van der Waals surface area contributed by atoms with Crippen molar-refractivity contribution in [3.05, 3.63) is 35.3 Å². The Hall–Kier alpha value is -1.56. The van der Waals surface area contributed by atoms with E-state index in [1.165, 1.54) is 6.20 Å². The third kappa shape index (κ3) is 2.75. The molecule has 0 aliphatic rings. The van der Waals surface area contributed by atoms with Crippen LogP contribution in [0.15, 0.2) is 28.8 Å². The molecule has 0 saturated carbocycles. The second kappa shape index (κ2) is 4.46. The van der Waals surface area contributed by atoms with E-state index >= 15 is 0 Å². The highest BCUT2D eigenvalue weighted by Gasteiger charge is 2.04. The second-order valence-electron chi connectivity index (χ2n) is 2.27. The molecular weight excluding hydrogens is 190 g/mol. The summed E-state index contributed by atoms with van der Waals surface area (Å²) in [5.41, 5.74) is 0.439. The molecule has 5 nitrogen and oxygen atoms in total. The highest BCUT2D eigenvalue weighted by atomic mass is 32.1. The van der Waals surface area contributed by atoms with Gasteiger partial charge in [-0.25, -0.2) is 4.79 Å². The highest BCUT2D eigenvalue weighted by molar-refractivity contribution is 7.47. The van der Waals surface area contributed by atoms with Crippen LogP contribution in [0.3, 0.4) is 0 Å². The fourth-order valence-electron chi connectivity index (χ4n) is 0.799. The number of aromatic nitrogens is 1. The lowest BCUT2D eigenvalue weighted by Gasteiger charge is -2.02. The van der Waals surface area contributed by atoms with Gasteiger partial charge >= 0.3 is 6.03 Å². The van der Waals surface area contributed by atoms with Crippen molar-refractivity contribution in [2.45, 2.75) is 6.54 Å². The maximum absolute atomic E-state index is 11.0. The fraction of sp³-hybridized carbons (Fsp3) is 0.143. The van der Waals surface area contributed by atoms with Gasteiger partial charge in [0, 0.05) is 24.6 Å². The summed E-state index contributed by atoms with van der Waals surface area (Å²) in [6, 6.07) is 4.31. The van der Waals surface area contributed by atoms with Gasteiger partial charge in [0.1, 0.15) is 6.54 Å². The molecule has 0 saturated heterocycles. The second-order valence-corrected chi connectivity index (χ2v) is 2.45. The third-order valence-corrected chi connectivity index (χ3v) is 1.57. The number of pyridine rings is 1. The fourth-order valence-corrected chi connectivity index (χ4v) is 0.864. The number of nitrogens with one attached hydrogen (secondary N) is 1. The van der Waals surface area contributed by atoms with Gasteiger partial charge in [0.15, 0.2) is 6.20 Å². The number of carbonyl (C=O) groups is 1. The summed E-state index contributed by atoms with van der Waals surface area (Å²) in [5, 5.41) is 13.4. The summed E-state index contributed by atoms with van der Waals surface area (Å²) in [6.07, 6.45) is 1.35. The quantitative estimate of drug-likeness (QED) is 0.546. The summed E-state index contributed by atoms with van der Waals surface area (Å²) >= 11 is 4.15. The van der Waals surface area contributed by atoms with Crippen molar-refractivity contribution in [1.29, 1.82) is 0 Å². The van der Waals surface area contributed by atoms with E-state index in [-0.39, 0.29) is 6.54 Å². The lowest BCUT2D eigenvalue weighted by Crippen LogP contribution is -2.34. The van der Waals surface area contributed by atoms with Crippen molar-refractivity contribution < 1.29 is 9.52 Å². The van der Waals surface area contributed by atoms with Crippen LogP contribution in [0.2, 0.25) is 0 Å². The van der Waals surface area contributed by atoms with E-state index in [1.807, 2.05) is 0 Å². The van der Waals surface area contributed by atoms with Crippen LogP contribution in [0.4, 0.5) is 4.79 Å². The first-order valence-electron chi connectivity index (χ1n) is 3.52. The first-order valence-corrected chi connectivity index (χ1v) is 3.89. The molecule has 1 aromatic rings. The Kier molecular flexibility index (Phi) is 3.27. The maximum atomic E-state index is 11.0. The number of carbonyl (C=O) groups excluding carboxylic acids is 1. The molecule has 68 valence electrons. The Morgan fingerprint density at radius 1 is 1.69 bits per heavy atom. The summed E-state index contributed by atoms with van der Waals surface area (Å²) in [6.45, 7) is 0.128. The lowest BCUT2D eigenvalue weighted by molar-refractivity contribution is -0.614. The lowest BCUT2D eigenvalue weighted by atomic mass is 10.3. The van der Waals surface area contributed by atoms with Gasteiger partial charge in [0.25, 0.3) is 0 Å². The van der Waals surface area contributed by atoms with E-state index < -0.39 is 6.03 Å². The predicted molar refractivity (Wildman–Crippen MR) is 47.4 cm³/mol. The van der Waals surface area contributed by atoms with Crippen molar-refractivity contribution in [3.63, 3.8) is 0 Å². The molecule has 0 unspecified atom stereocenters. The summed E-state index contributed by atoms with van der Waals surface area (Å²) in [4.78, 5) is 10.6. The molecule has 0 bridgehead atoms. The number of amides is 2. The molecule has 0 aromatic carbocycles. The monoisotopic (exact) mass is 197 g/mol. The van der Waals surface area contributed by atoms with Crippen LogP contribution in [0.25, 0.3) is 0 Å². The van der Waals surface area contributed by atoms with E-state index in [0.717, 1.165) is 0 Å². The predicted octanol–water partition coefficient (Wildman–Crippen LogP) is 0.260. The molecule has 0 fully saturated rings. The average Bonchev–Trinajstić information content (AvgIpc) is 2.16. The molecule has 6 heteroatoms. The Bertz CT molecular complexity index is 329. The zero-order chi connectivity index (χ0) is 9.68. The first kappa shape index (κ1) is 9.53. The molecule has 0 radical (unpaired) electrons. The summed E-state index contributed by atoms with van der Waals surface area (Å²) in [7, 11) is 0. The standard InChI is InChI=1S/C7H7N3O2S/c11-7(9-13)8-5-6-3-1-2-4-10(6)12/h1-4H,5H2,(H,8,11). The highest BCUT2D eigenvalue weighted by Crippen LogP contribution is 1.89. The Balaban J connectivity index is 2.59. The molecule has 13 heavy (non-hydrogen) atoms. The largest absolute Gasteiger partial charge is 0.618 e. The van der Waals surface area contributed by atoms with E-state index in [9.17, 15) is 10.0 Å². The average molecular weight is 197 g/mol. The van der Waals surface area contributed by atoms with E-state index in [2.05, 4.69) is 22.1 Å². The number of hydrogen-bond donors (Lipinski definition) is 1. The Morgan fingerprint density at radius 2 is 2.46 bits per heavy atom. The third-order valence-electron chi connectivity index (χ3n) is 1.41. The molecule has 1 N–H and O–H groups in total. The van der Waals surface area contributed by atoms with Crippen LogP contribution in [-0.4, -0.2) is 6.03 Å². The van der Waals surface area contributed by atoms with Gasteiger partial charge in [-0.05, 0) is 6.07 Å². The van der Waals surface area contributed by atoms with Crippen LogP contribution in [0, 0.1) is 5.21 Å². The van der Waals surface area contributed by atoms with Gasteiger partial charge in [-0.1, -0.05) is 0 Å². The van der Waals surface area contributed by atoms with Gasteiger partial charge in [-0.3, -0.25) is 0 Å². The van der Waals surface area contributed by atoms with E-state index in [0.29, 0.717) is 10.4 Å². The number of hydrogen-bond acceptors (Lipinski definition) is 3. The molecule has 0 aliphatic heterocycles. The topological polar surface area (TPSA) is 68.4 Å². The molecule has 1 aromatic heterocycles. The van der Waals surface area contributed by atoms with Gasteiger partial charge < -0.3 is 10.5 Å². The summed E-state index contributed by atoms with van der Waals surface area (Å²) < 4.78 is 3.63. The zero-order valence-electron chi connectivity index (χ0n) is 6.64. The van der Waals surface area contributed by atoms with Crippen molar-refractivity contribution in [1.82, 2.24) is 5.32 Å². The number of nitrogens with zero attached hydrogens (tertiary/aromatic N) is 2. The molecule has 1 heterocycles. The normalized spacial score (nSPS) is 9.23. The number of urea groups is 1. The SMILES string of the molecule is O=C(N=S)NCc1cccc[n+]1[O-]. The molecule has 1 rings (SSSR count). The smallest absolute Gasteiger partial charge is 0.352 e. The number of rotatable bonds is 2. The van der Waals surface area contributed by atoms with Crippen molar-refractivity contribution in [2.75, 3.05) is 0 Å². The van der Waals surface area contributed by atoms with Gasteiger partial charge in [-0.15, -0.1) is 4.36 Å². The van der Waals surface area contributed by atoms with E-state index in [1.54, 1.807) is 18.2 Å². The minimum atomic E-state index is -0.612.